The zero-order valence-electron chi connectivity index (χ0n) is 4.18. The predicted octanol–water partition coefficient (Wildman–Crippen LogP) is 2.50. The van der Waals surface area contributed by atoms with Crippen LogP contribution in [0.4, 0.5) is 0 Å². The van der Waals surface area contributed by atoms with Crippen LogP contribution in [0.5, 0.6) is 0 Å². The number of hydrogen-bond acceptors (Lipinski definition) is 3. The second-order valence-electron chi connectivity index (χ2n) is 1.35. The summed E-state index contributed by atoms with van der Waals surface area (Å²) in [6, 6.07) is 0. The summed E-state index contributed by atoms with van der Waals surface area (Å²) in [5, 5.41) is 0.821. The SMILES string of the molecule is Cc1sc(Br)nc1S. The molecule has 0 saturated heterocycles. The van der Waals surface area contributed by atoms with Crippen molar-refractivity contribution in [1.82, 2.24) is 4.98 Å². The Morgan fingerprint density at radius 2 is 2.38 bits per heavy atom. The van der Waals surface area contributed by atoms with Gasteiger partial charge < -0.3 is 0 Å². The average molecular weight is 210 g/mol. The van der Waals surface area contributed by atoms with Crippen molar-refractivity contribution in [2.24, 2.45) is 0 Å². The highest BCUT2D eigenvalue weighted by Gasteiger charge is 1.98. The lowest BCUT2D eigenvalue weighted by Gasteiger charge is -1.76. The van der Waals surface area contributed by atoms with Gasteiger partial charge >= 0.3 is 0 Å². The van der Waals surface area contributed by atoms with Crippen LogP contribution in [0.15, 0.2) is 8.94 Å². The molecule has 0 saturated carbocycles. The van der Waals surface area contributed by atoms with Crippen LogP contribution >= 0.6 is 39.9 Å². The summed E-state index contributed by atoms with van der Waals surface area (Å²) >= 11 is 8.93. The van der Waals surface area contributed by atoms with Gasteiger partial charge in [0.15, 0.2) is 3.92 Å². The maximum atomic E-state index is 4.09. The molecule has 0 spiro atoms. The van der Waals surface area contributed by atoms with Crippen molar-refractivity contribution in [3.05, 3.63) is 8.79 Å². The van der Waals surface area contributed by atoms with Gasteiger partial charge in [-0.25, -0.2) is 4.98 Å². The number of aromatic nitrogens is 1. The van der Waals surface area contributed by atoms with E-state index < -0.39 is 0 Å². The lowest BCUT2D eigenvalue weighted by atomic mass is 10.6. The topological polar surface area (TPSA) is 12.9 Å². The summed E-state index contributed by atoms with van der Waals surface area (Å²) in [7, 11) is 0. The highest BCUT2D eigenvalue weighted by molar-refractivity contribution is 9.11. The number of rotatable bonds is 0. The molecule has 0 amide bonds. The van der Waals surface area contributed by atoms with Crippen LogP contribution in [-0.4, -0.2) is 4.98 Å². The minimum atomic E-state index is 0.821. The summed E-state index contributed by atoms with van der Waals surface area (Å²) in [6.45, 7) is 1.99. The quantitative estimate of drug-likeness (QED) is 0.649. The number of aryl methyl sites for hydroxylation is 1. The van der Waals surface area contributed by atoms with Crippen LogP contribution in [0.1, 0.15) is 4.88 Å². The molecule has 1 rings (SSSR count). The van der Waals surface area contributed by atoms with Crippen molar-refractivity contribution < 1.29 is 0 Å². The number of nitrogens with zero attached hydrogens (tertiary/aromatic N) is 1. The normalized spacial score (nSPS) is 9.88. The zero-order valence-corrected chi connectivity index (χ0v) is 7.48. The van der Waals surface area contributed by atoms with E-state index in [-0.39, 0.29) is 0 Å². The van der Waals surface area contributed by atoms with E-state index in [0.29, 0.717) is 0 Å². The van der Waals surface area contributed by atoms with E-state index in [1.54, 1.807) is 11.3 Å². The fraction of sp³-hybridized carbons (Fsp3) is 0.250. The largest absolute Gasteiger partial charge is 0.223 e. The fourth-order valence-corrected chi connectivity index (χ4v) is 2.23. The van der Waals surface area contributed by atoms with Crippen molar-refractivity contribution in [3.63, 3.8) is 0 Å². The molecule has 0 N–H and O–H groups in total. The number of halogens is 1. The summed E-state index contributed by atoms with van der Waals surface area (Å²) in [5.41, 5.74) is 0. The van der Waals surface area contributed by atoms with Crippen LogP contribution in [0.3, 0.4) is 0 Å². The van der Waals surface area contributed by atoms with E-state index in [1.807, 2.05) is 6.92 Å². The smallest absolute Gasteiger partial charge is 0.160 e. The molecule has 4 heteroatoms. The van der Waals surface area contributed by atoms with Gasteiger partial charge in [0.2, 0.25) is 0 Å². The summed E-state index contributed by atoms with van der Waals surface area (Å²) < 4.78 is 0.903. The molecule has 1 nitrogen and oxygen atoms in total. The predicted molar refractivity (Wildman–Crippen MR) is 41.8 cm³/mol. The van der Waals surface area contributed by atoms with Crippen molar-refractivity contribution in [1.29, 1.82) is 0 Å². The molecule has 1 aromatic rings. The third kappa shape index (κ3) is 1.24. The van der Waals surface area contributed by atoms with Gasteiger partial charge in [-0.1, -0.05) is 0 Å². The molecule has 44 valence electrons. The molecule has 8 heavy (non-hydrogen) atoms. The minimum Gasteiger partial charge on any atom is -0.223 e. The summed E-state index contributed by atoms with van der Waals surface area (Å²) in [6.07, 6.45) is 0. The first-order valence-electron chi connectivity index (χ1n) is 2.02. The number of thiol groups is 1. The molecule has 0 aliphatic heterocycles. The Balaban J connectivity index is 3.14. The Labute approximate surface area is 65.7 Å². The second kappa shape index (κ2) is 2.37. The van der Waals surface area contributed by atoms with Crippen LogP contribution < -0.4 is 0 Å². The van der Waals surface area contributed by atoms with Crippen molar-refractivity contribution >= 4 is 39.9 Å². The molecular formula is C4H4BrNS2. The molecule has 0 aliphatic rings. The zero-order chi connectivity index (χ0) is 6.15. The first-order valence-corrected chi connectivity index (χ1v) is 4.07. The fourth-order valence-electron chi connectivity index (χ4n) is 0.357. The Morgan fingerprint density at radius 3 is 2.50 bits per heavy atom. The summed E-state index contributed by atoms with van der Waals surface area (Å²) in [5.74, 6) is 0. The van der Waals surface area contributed by atoms with Crippen molar-refractivity contribution in [2.45, 2.75) is 11.9 Å². The first kappa shape index (κ1) is 6.58. The molecule has 1 aromatic heterocycles. The maximum absolute atomic E-state index is 4.09. The summed E-state index contributed by atoms with van der Waals surface area (Å²) in [4.78, 5) is 5.16. The maximum Gasteiger partial charge on any atom is 0.160 e. The first-order chi connectivity index (χ1) is 3.70. The third-order valence-corrected chi connectivity index (χ3v) is 2.75. The molecule has 0 fully saturated rings. The van der Waals surface area contributed by atoms with Crippen LogP contribution in [0, 0.1) is 6.92 Å². The highest BCUT2D eigenvalue weighted by atomic mass is 79.9. The van der Waals surface area contributed by atoms with Gasteiger partial charge in [-0.2, -0.15) is 0 Å². The number of thiazole rings is 1. The third-order valence-electron chi connectivity index (χ3n) is 0.746. The van der Waals surface area contributed by atoms with E-state index >= 15 is 0 Å². The van der Waals surface area contributed by atoms with E-state index in [2.05, 4.69) is 33.5 Å². The molecule has 1 heterocycles. The molecule has 0 aromatic carbocycles. The van der Waals surface area contributed by atoms with Gasteiger partial charge in [0.1, 0.15) is 5.03 Å². The Hall–Kier alpha value is 0.460. The number of hydrogen-bond donors (Lipinski definition) is 1. The monoisotopic (exact) mass is 209 g/mol. The van der Waals surface area contributed by atoms with E-state index in [1.165, 1.54) is 0 Å². The van der Waals surface area contributed by atoms with Gasteiger partial charge in [-0.15, -0.1) is 24.0 Å². The van der Waals surface area contributed by atoms with Crippen LogP contribution in [-0.2, 0) is 0 Å². The van der Waals surface area contributed by atoms with Gasteiger partial charge in [-0.05, 0) is 22.9 Å². The van der Waals surface area contributed by atoms with Gasteiger partial charge in [0, 0.05) is 4.88 Å². The van der Waals surface area contributed by atoms with Crippen molar-refractivity contribution in [3.8, 4) is 0 Å². The van der Waals surface area contributed by atoms with E-state index in [4.69, 9.17) is 0 Å². The minimum absolute atomic E-state index is 0.821. The lowest BCUT2D eigenvalue weighted by Crippen LogP contribution is -1.63. The molecule has 0 bridgehead atoms. The Bertz CT molecular complexity index is 176. The van der Waals surface area contributed by atoms with Crippen LogP contribution in [0.25, 0.3) is 0 Å². The van der Waals surface area contributed by atoms with Gasteiger partial charge in [0.05, 0.1) is 0 Å². The van der Waals surface area contributed by atoms with Crippen molar-refractivity contribution in [2.75, 3.05) is 0 Å². The van der Waals surface area contributed by atoms with E-state index in [0.717, 1.165) is 13.8 Å². The molecule has 0 aliphatic carbocycles. The lowest BCUT2D eigenvalue weighted by molar-refractivity contribution is 1.15. The standard InChI is InChI=1S/C4H4BrNS2/c1-2-3(7)6-4(5)8-2/h7H,1H3. The molecular weight excluding hydrogens is 206 g/mol. The van der Waals surface area contributed by atoms with Crippen LogP contribution in [0.2, 0.25) is 0 Å². The Morgan fingerprint density at radius 1 is 1.75 bits per heavy atom. The average Bonchev–Trinajstić information content (AvgIpc) is 1.85. The van der Waals surface area contributed by atoms with Gasteiger partial charge in [-0.3, -0.25) is 0 Å². The molecule has 0 radical (unpaired) electrons. The van der Waals surface area contributed by atoms with E-state index in [9.17, 15) is 0 Å². The highest BCUT2D eigenvalue weighted by Crippen LogP contribution is 2.23. The van der Waals surface area contributed by atoms with Gasteiger partial charge in [0.25, 0.3) is 0 Å². The molecule has 0 unspecified atom stereocenters. The second-order valence-corrected chi connectivity index (χ2v) is 4.25. The molecule has 0 atom stereocenters. The Kier molecular flexibility index (Phi) is 1.95.